The van der Waals surface area contributed by atoms with Crippen LogP contribution in [0.4, 0.5) is 11.4 Å². The Morgan fingerprint density at radius 1 is 1.21 bits per heavy atom. The highest BCUT2D eigenvalue weighted by Gasteiger charge is 2.39. The third kappa shape index (κ3) is 2.38. The minimum Gasteiger partial charge on any atom is -0.376 e. The molecule has 0 saturated carbocycles. The number of nitro groups is 1. The zero-order valence-electron chi connectivity index (χ0n) is 12.6. The number of benzene rings is 2. The van der Waals surface area contributed by atoms with E-state index in [4.69, 9.17) is 23.2 Å². The molecule has 4 nitrogen and oxygen atoms in total. The molecule has 1 heterocycles. The molecule has 1 aliphatic carbocycles. The van der Waals surface area contributed by atoms with Gasteiger partial charge in [0.15, 0.2) is 0 Å². The van der Waals surface area contributed by atoms with Crippen LogP contribution in [0.25, 0.3) is 0 Å². The van der Waals surface area contributed by atoms with Gasteiger partial charge in [-0.3, -0.25) is 10.1 Å². The predicted octanol–water partition coefficient (Wildman–Crippen LogP) is 5.73. The Bertz CT molecular complexity index is 866. The van der Waals surface area contributed by atoms with Gasteiger partial charge in [0.05, 0.1) is 26.7 Å². The summed E-state index contributed by atoms with van der Waals surface area (Å²) in [5, 5.41) is 15.6. The first kappa shape index (κ1) is 15.5. The van der Waals surface area contributed by atoms with Gasteiger partial charge in [-0.1, -0.05) is 53.6 Å². The number of allylic oxidation sites excluding steroid dienone is 2. The van der Waals surface area contributed by atoms with Crippen LogP contribution in [0.2, 0.25) is 10.0 Å². The zero-order chi connectivity index (χ0) is 16.8. The van der Waals surface area contributed by atoms with Gasteiger partial charge in [0, 0.05) is 18.1 Å². The number of nitro benzene ring substituents is 1. The van der Waals surface area contributed by atoms with E-state index < -0.39 is 0 Å². The molecule has 0 aromatic heterocycles. The number of nitrogens with one attached hydrogen (secondary N) is 1. The van der Waals surface area contributed by atoms with E-state index >= 15 is 0 Å². The summed E-state index contributed by atoms with van der Waals surface area (Å²) in [7, 11) is 0. The first-order chi connectivity index (χ1) is 11.6. The Morgan fingerprint density at radius 3 is 2.83 bits per heavy atom. The second-order valence-electron chi connectivity index (χ2n) is 6.15. The summed E-state index contributed by atoms with van der Waals surface area (Å²) in [5.41, 5.74) is 2.95. The van der Waals surface area contributed by atoms with Crippen molar-refractivity contribution in [2.75, 3.05) is 5.32 Å². The van der Waals surface area contributed by atoms with Crippen LogP contribution in [0.15, 0.2) is 48.6 Å². The Hall–Kier alpha value is -2.04. The van der Waals surface area contributed by atoms with Gasteiger partial charge in [-0.05, 0) is 29.5 Å². The minimum absolute atomic E-state index is 0.0478. The lowest BCUT2D eigenvalue weighted by Crippen LogP contribution is -2.29. The molecule has 6 heteroatoms. The van der Waals surface area contributed by atoms with Crippen LogP contribution in [-0.4, -0.2) is 4.92 Å². The zero-order valence-corrected chi connectivity index (χ0v) is 14.1. The molecule has 4 rings (SSSR count). The summed E-state index contributed by atoms with van der Waals surface area (Å²) in [6, 6.07) is 10.6. The normalized spacial score (nSPS) is 24.2. The van der Waals surface area contributed by atoms with Gasteiger partial charge in [0.1, 0.15) is 0 Å². The van der Waals surface area contributed by atoms with E-state index in [1.807, 2.05) is 18.2 Å². The molecule has 3 atom stereocenters. The van der Waals surface area contributed by atoms with Crippen molar-refractivity contribution < 1.29 is 4.92 Å². The molecule has 2 aromatic carbocycles. The highest BCUT2D eigenvalue weighted by Crippen LogP contribution is 2.52. The molecule has 1 aliphatic heterocycles. The number of fused-ring (bicyclic) bond motifs is 3. The topological polar surface area (TPSA) is 55.2 Å². The lowest BCUT2D eigenvalue weighted by atomic mass is 9.77. The second kappa shape index (κ2) is 5.80. The van der Waals surface area contributed by atoms with Gasteiger partial charge in [0.2, 0.25) is 0 Å². The van der Waals surface area contributed by atoms with Crippen molar-refractivity contribution in [2.24, 2.45) is 5.92 Å². The maximum absolute atomic E-state index is 11.1. The Labute approximate surface area is 149 Å². The van der Waals surface area contributed by atoms with E-state index in [9.17, 15) is 10.1 Å². The maximum atomic E-state index is 11.1. The predicted molar refractivity (Wildman–Crippen MR) is 95.9 cm³/mol. The summed E-state index contributed by atoms with van der Waals surface area (Å²) in [6.45, 7) is 0. The van der Waals surface area contributed by atoms with E-state index in [2.05, 4.69) is 17.5 Å². The summed E-state index contributed by atoms with van der Waals surface area (Å²) < 4.78 is 0. The van der Waals surface area contributed by atoms with Crippen molar-refractivity contribution >= 4 is 34.6 Å². The molecule has 0 fully saturated rings. The van der Waals surface area contributed by atoms with Crippen LogP contribution < -0.4 is 5.32 Å². The monoisotopic (exact) mass is 360 g/mol. The Balaban J connectivity index is 1.82. The van der Waals surface area contributed by atoms with Crippen LogP contribution >= 0.6 is 23.2 Å². The van der Waals surface area contributed by atoms with Crippen LogP contribution in [0.1, 0.15) is 29.5 Å². The molecule has 24 heavy (non-hydrogen) atoms. The largest absolute Gasteiger partial charge is 0.376 e. The first-order valence-corrected chi connectivity index (χ1v) is 8.47. The molecule has 0 unspecified atom stereocenters. The molecule has 2 aliphatic rings. The molecule has 1 N–H and O–H groups in total. The third-order valence-electron chi connectivity index (χ3n) is 4.87. The standard InChI is InChI=1S/C18H14Cl2N2O2/c19-15-8-7-14-12-5-2-6-13(12)17(21-18(14)16(15)20)10-3-1-4-11(9-10)22(23)24/h1-5,7-9,12-13,17,21H,6H2/t12-,13-,17-/m0/s1. The number of halogens is 2. The molecule has 0 bridgehead atoms. The van der Waals surface area contributed by atoms with Crippen molar-refractivity contribution in [3.8, 4) is 0 Å². The van der Waals surface area contributed by atoms with Crippen molar-refractivity contribution in [1.82, 2.24) is 0 Å². The first-order valence-electron chi connectivity index (χ1n) is 7.71. The summed E-state index contributed by atoms with van der Waals surface area (Å²) in [6.07, 6.45) is 5.28. The molecule has 0 saturated heterocycles. The lowest BCUT2D eigenvalue weighted by Gasteiger charge is -2.38. The maximum Gasteiger partial charge on any atom is 0.269 e. The number of anilines is 1. The van der Waals surface area contributed by atoms with Crippen molar-refractivity contribution in [3.63, 3.8) is 0 Å². The Morgan fingerprint density at radius 2 is 2.04 bits per heavy atom. The molecule has 122 valence electrons. The number of nitrogens with zero attached hydrogens (tertiary/aromatic N) is 1. The third-order valence-corrected chi connectivity index (χ3v) is 5.67. The molecule has 0 radical (unpaired) electrons. The minimum atomic E-state index is -0.367. The fourth-order valence-corrected chi connectivity index (χ4v) is 4.15. The molecular weight excluding hydrogens is 347 g/mol. The van der Waals surface area contributed by atoms with Gasteiger partial charge >= 0.3 is 0 Å². The number of non-ortho nitro benzene ring substituents is 1. The van der Waals surface area contributed by atoms with Gasteiger partial charge < -0.3 is 5.32 Å². The highest BCUT2D eigenvalue weighted by molar-refractivity contribution is 6.43. The Kier molecular flexibility index (Phi) is 3.74. The lowest BCUT2D eigenvalue weighted by molar-refractivity contribution is -0.384. The summed E-state index contributed by atoms with van der Waals surface area (Å²) >= 11 is 12.6. The van der Waals surface area contributed by atoms with E-state index in [1.165, 1.54) is 6.07 Å². The van der Waals surface area contributed by atoms with Crippen LogP contribution in [-0.2, 0) is 0 Å². The number of hydrogen-bond donors (Lipinski definition) is 1. The SMILES string of the molecule is O=[N+]([O-])c1cccc([C@@H]2Nc3c(ccc(Cl)c3Cl)[C@H]3C=CC[C@@H]32)c1. The second-order valence-corrected chi connectivity index (χ2v) is 6.94. The van der Waals surface area contributed by atoms with Gasteiger partial charge in [-0.15, -0.1) is 0 Å². The summed E-state index contributed by atoms with van der Waals surface area (Å²) in [4.78, 5) is 10.7. The smallest absolute Gasteiger partial charge is 0.269 e. The number of hydrogen-bond acceptors (Lipinski definition) is 3. The van der Waals surface area contributed by atoms with E-state index in [-0.39, 0.29) is 22.6 Å². The quantitative estimate of drug-likeness (QED) is 0.422. The number of rotatable bonds is 2. The molecule has 0 spiro atoms. The van der Waals surface area contributed by atoms with Crippen molar-refractivity contribution in [1.29, 1.82) is 0 Å². The van der Waals surface area contributed by atoms with E-state index in [1.54, 1.807) is 12.1 Å². The highest BCUT2D eigenvalue weighted by atomic mass is 35.5. The average molecular weight is 361 g/mol. The fourth-order valence-electron chi connectivity index (χ4n) is 3.76. The van der Waals surface area contributed by atoms with Crippen LogP contribution in [0, 0.1) is 16.0 Å². The average Bonchev–Trinajstić information content (AvgIpc) is 3.07. The van der Waals surface area contributed by atoms with Crippen LogP contribution in [0.3, 0.4) is 0 Å². The molecule has 0 amide bonds. The van der Waals surface area contributed by atoms with Gasteiger partial charge in [-0.25, -0.2) is 0 Å². The van der Waals surface area contributed by atoms with Gasteiger partial charge in [-0.2, -0.15) is 0 Å². The van der Waals surface area contributed by atoms with Crippen molar-refractivity contribution in [2.45, 2.75) is 18.4 Å². The van der Waals surface area contributed by atoms with E-state index in [0.29, 0.717) is 16.0 Å². The summed E-state index contributed by atoms with van der Waals surface area (Å²) in [5.74, 6) is 0.539. The van der Waals surface area contributed by atoms with Crippen molar-refractivity contribution in [3.05, 3.63) is 79.8 Å². The fraction of sp³-hybridized carbons (Fsp3) is 0.222. The molecular formula is C18H14Cl2N2O2. The molecule has 2 aromatic rings. The van der Waals surface area contributed by atoms with Crippen LogP contribution in [0.5, 0.6) is 0 Å². The van der Waals surface area contributed by atoms with Gasteiger partial charge in [0.25, 0.3) is 5.69 Å². The van der Waals surface area contributed by atoms with E-state index in [0.717, 1.165) is 23.2 Å².